The number of hydrogen-bond donors (Lipinski definition) is 2. The maximum atomic E-state index is 13.2. The predicted octanol–water partition coefficient (Wildman–Crippen LogP) is 4.17. The molecule has 0 saturated carbocycles. The van der Waals surface area contributed by atoms with Crippen molar-refractivity contribution >= 4 is 27.5 Å². The van der Waals surface area contributed by atoms with E-state index in [9.17, 15) is 15.0 Å². The lowest BCUT2D eigenvalue weighted by Crippen LogP contribution is -2.44. The molecule has 0 radical (unpaired) electrons. The summed E-state index contributed by atoms with van der Waals surface area (Å²) in [7, 11) is 0. The maximum absolute atomic E-state index is 13.2. The fraction of sp³-hybridized carbons (Fsp3) is 0.296. The van der Waals surface area contributed by atoms with Crippen molar-refractivity contribution in [2.24, 2.45) is 5.92 Å². The molecule has 3 aromatic rings. The Bertz CT molecular complexity index is 1230. The van der Waals surface area contributed by atoms with Gasteiger partial charge >= 0.3 is 0 Å². The summed E-state index contributed by atoms with van der Waals surface area (Å²) in [4.78, 5) is 14.8. The summed E-state index contributed by atoms with van der Waals surface area (Å²) in [6.45, 7) is 6.45. The molecule has 8 heteroatoms. The summed E-state index contributed by atoms with van der Waals surface area (Å²) >= 11 is 3.46. The number of hydrogen-bond acceptors (Lipinski definition) is 5. The van der Waals surface area contributed by atoms with Gasteiger partial charge in [-0.3, -0.25) is 9.48 Å². The lowest BCUT2D eigenvalue weighted by molar-refractivity contribution is -0.139. The average Bonchev–Trinajstić information content (AvgIpc) is 3.41. The van der Waals surface area contributed by atoms with Gasteiger partial charge in [0.15, 0.2) is 5.60 Å². The van der Waals surface area contributed by atoms with Crippen LogP contribution in [-0.4, -0.2) is 44.3 Å². The Balaban J connectivity index is 1.44. The summed E-state index contributed by atoms with van der Waals surface area (Å²) in [5.41, 5.74) is 1.35. The van der Waals surface area contributed by atoms with Gasteiger partial charge in [0, 0.05) is 35.2 Å². The van der Waals surface area contributed by atoms with Crippen LogP contribution in [0, 0.1) is 5.92 Å². The van der Waals surface area contributed by atoms with Crippen LogP contribution in [0.4, 0.5) is 5.69 Å². The minimum atomic E-state index is -1.65. The topological polar surface area (TPSA) is 91.5 Å². The standard InChI is InChI=1S/C27H29BrN4O3/c1-3-14-32-25-13-12-21(28)16-23(25)27(35,26(32)34)19(2)9-7-8-15-31-17-24(29-30-31)22(18-33)20-10-5-4-6-11-20/h3-7,9-13,16-17,19,22,33,35H,1,8,14-15,18H2,2H3/b9-7+/t19-,22?,27+/m0/s1. The summed E-state index contributed by atoms with van der Waals surface area (Å²) < 4.78 is 2.54. The van der Waals surface area contributed by atoms with E-state index in [1.54, 1.807) is 15.7 Å². The molecule has 0 saturated heterocycles. The molecule has 3 atom stereocenters. The molecule has 1 aliphatic rings. The van der Waals surface area contributed by atoms with Crippen molar-refractivity contribution in [2.45, 2.75) is 31.4 Å². The first-order valence-corrected chi connectivity index (χ1v) is 12.4. The van der Waals surface area contributed by atoms with Crippen LogP contribution >= 0.6 is 15.9 Å². The van der Waals surface area contributed by atoms with Gasteiger partial charge in [-0.25, -0.2) is 0 Å². The number of aromatic nitrogens is 3. The number of halogens is 1. The molecule has 35 heavy (non-hydrogen) atoms. The van der Waals surface area contributed by atoms with Crippen LogP contribution in [0.25, 0.3) is 0 Å². The van der Waals surface area contributed by atoms with Crippen LogP contribution in [0.15, 0.2) is 84.0 Å². The zero-order chi connectivity index (χ0) is 25.0. The minimum absolute atomic E-state index is 0.0484. The fourth-order valence-electron chi connectivity index (χ4n) is 4.51. The molecule has 182 valence electrons. The fourth-order valence-corrected chi connectivity index (χ4v) is 4.87. The molecule has 2 aromatic carbocycles. The van der Waals surface area contributed by atoms with Crippen LogP contribution in [0.5, 0.6) is 0 Å². The highest BCUT2D eigenvalue weighted by molar-refractivity contribution is 9.10. The number of fused-ring (bicyclic) bond motifs is 1. The number of benzene rings is 2. The van der Waals surface area contributed by atoms with E-state index in [0.29, 0.717) is 36.5 Å². The lowest BCUT2D eigenvalue weighted by Gasteiger charge is -2.27. The average molecular weight is 537 g/mol. The number of rotatable bonds is 10. The van der Waals surface area contributed by atoms with E-state index in [1.165, 1.54) is 0 Å². The van der Waals surface area contributed by atoms with E-state index < -0.39 is 11.5 Å². The summed E-state index contributed by atoms with van der Waals surface area (Å²) in [6, 6.07) is 15.2. The van der Waals surface area contributed by atoms with E-state index in [4.69, 9.17) is 0 Å². The third-order valence-electron chi connectivity index (χ3n) is 6.45. The van der Waals surface area contributed by atoms with Gasteiger partial charge in [0.1, 0.15) is 0 Å². The Labute approximate surface area is 213 Å². The second-order valence-corrected chi connectivity index (χ2v) is 9.61. The Kier molecular flexibility index (Phi) is 7.64. The van der Waals surface area contributed by atoms with Gasteiger partial charge in [-0.2, -0.15) is 0 Å². The molecule has 0 spiro atoms. The van der Waals surface area contributed by atoms with E-state index >= 15 is 0 Å². The van der Waals surface area contributed by atoms with Crippen LogP contribution in [0.3, 0.4) is 0 Å². The van der Waals surface area contributed by atoms with Crippen molar-refractivity contribution in [1.82, 2.24) is 15.0 Å². The summed E-state index contributed by atoms with van der Waals surface area (Å²) in [5.74, 6) is -1.01. The van der Waals surface area contributed by atoms with Crippen molar-refractivity contribution in [2.75, 3.05) is 18.1 Å². The summed E-state index contributed by atoms with van der Waals surface area (Å²) in [6.07, 6.45) is 7.97. The van der Waals surface area contributed by atoms with Crippen LogP contribution in [0.2, 0.25) is 0 Å². The largest absolute Gasteiger partial charge is 0.395 e. The van der Waals surface area contributed by atoms with Crippen molar-refractivity contribution in [3.05, 3.63) is 101 Å². The van der Waals surface area contributed by atoms with E-state index in [-0.39, 0.29) is 18.4 Å². The zero-order valence-electron chi connectivity index (χ0n) is 19.6. The van der Waals surface area contributed by atoms with Crippen molar-refractivity contribution in [3.8, 4) is 0 Å². The van der Waals surface area contributed by atoms with Crippen LogP contribution < -0.4 is 4.90 Å². The molecule has 0 aliphatic carbocycles. The number of carbonyl (C=O) groups is 1. The quantitative estimate of drug-likeness (QED) is 0.379. The van der Waals surface area contributed by atoms with E-state index in [0.717, 1.165) is 10.0 Å². The minimum Gasteiger partial charge on any atom is -0.395 e. The lowest BCUT2D eigenvalue weighted by atomic mass is 9.83. The number of aliphatic hydroxyl groups is 2. The normalized spacial score (nSPS) is 19.2. The molecule has 1 aliphatic heterocycles. The number of anilines is 1. The third kappa shape index (κ3) is 4.87. The molecule has 2 N–H and O–H groups in total. The second-order valence-electron chi connectivity index (χ2n) is 8.69. The highest BCUT2D eigenvalue weighted by Crippen LogP contribution is 2.46. The number of carbonyl (C=O) groups excluding carboxylic acids is 1. The molecule has 4 rings (SSSR count). The Morgan fingerprint density at radius 3 is 2.71 bits per heavy atom. The molecule has 0 fully saturated rings. The second kappa shape index (κ2) is 10.7. The molecular weight excluding hydrogens is 508 g/mol. The van der Waals surface area contributed by atoms with Gasteiger partial charge in [0.2, 0.25) is 0 Å². The van der Waals surface area contributed by atoms with Gasteiger partial charge in [0.05, 0.1) is 23.9 Å². The molecule has 7 nitrogen and oxygen atoms in total. The Morgan fingerprint density at radius 2 is 2.00 bits per heavy atom. The number of aryl methyl sites for hydroxylation is 1. The predicted molar refractivity (Wildman–Crippen MR) is 139 cm³/mol. The highest BCUT2D eigenvalue weighted by atomic mass is 79.9. The van der Waals surface area contributed by atoms with Crippen LogP contribution in [-0.2, 0) is 16.9 Å². The number of aliphatic hydroxyl groups excluding tert-OH is 1. The van der Waals surface area contributed by atoms with E-state index in [1.807, 2.05) is 73.8 Å². The molecular formula is C27H29BrN4O3. The molecule has 0 bridgehead atoms. The van der Waals surface area contributed by atoms with Crippen molar-refractivity contribution in [3.63, 3.8) is 0 Å². The monoisotopic (exact) mass is 536 g/mol. The first kappa shape index (κ1) is 25.0. The van der Waals surface area contributed by atoms with E-state index in [2.05, 4.69) is 32.8 Å². The van der Waals surface area contributed by atoms with Crippen molar-refractivity contribution in [1.29, 1.82) is 0 Å². The van der Waals surface area contributed by atoms with Crippen molar-refractivity contribution < 1.29 is 15.0 Å². The Morgan fingerprint density at radius 1 is 1.23 bits per heavy atom. The number of amides is 1. The zero-order valence-corrected chi connectivity index (χ0v) is 21.2. The van der Waals surface area contributed by atoms with Gasteiger partial charge in [0.25, 0.3) is 5.91 Å². The molecule has 1 amide bonds. The first-order valence-electron chi connectivity index (χ1n) is 11.6. The summed E-state index contributed by atoms with van der Waals surface area (Å²) in [5, 5.41) is 29.9. The third-order valence-corrected chi connectivity index (χ3v) is 6.94. The Hall–Kier alpha value is -3.07. The number of allylic oxidation sites excluding steroid dienone is 1. The van der Waals surface area contributed by atoms with Gasteiger partial charge in [-0.15, -0.1) is 11.7 Å². The maximum Gasteiger partial charge on any atom is 0.264 e. The smallest absolute Gasteiger partial charge is 0.264 e. The first-order chi connectivity index (χ1) is 16.9. The van der Waals surface area contributed by atoms with Gasteiger partial charge in [-0.05, 0) is 30.2 Å². The van der Waals surface area contributed by atoms with Gasteiger partial charge in [-0.1, -0.05) is 76.6 Å². The highest BCUT2D eigenvalue weighted by Gasteiger charge is 2.52. The van der Waals surface area contributed by atoms with Gasteiger partial charge < -0.3 is 15.1 Å². The SMILES string of the molecule is C=CCN1C(=O)[C@@](O)([C@@H](C)/C=C/CCn2cc(C(CO)c3ccccc3)nn2)c2cc(Br)ccc21. The molecule has 1 unspecified atom stereocenters. The van der Waals surface area contributed by atoms with Crippen LogP contribution in [0.1, 0.15) is 36.1 Å². The molecule has 2 heterocycles. The molecule has 1 aromatic heterocycles. The number of nitrogens with zero attached hydrogens (tertiary/aromatic N) is 4.